The predicted molar refractivity (Wildman–Crippen MR) is 108 cm³/mol. The van der Waals surface area contributed by atoms with Crippen LogP contribution in [0.3, 0.4) is 0 Å². The Labute approximate surface area is 175 Å². The third kappa shape index (κ3) is 3.88. The topological polar surface area (TPSA) is 57.0 Å². The summed E-state index contributed by atoms with van der Waals surface area (Å²) in [5.41, 5.74) is 2.17. The van der Waals surface area contributed by atoms with Crippen LogP contribution in [0.5, 0.6) is 5.75 Å². The monoisotopic (exact) mass is 437 g/mol. The lowest BCUT2D eigenvalue weighted by Crippen LogP contribution is -2.29. The highest BCUT2D eigenvalue weighted by molar-refractivity contribution is 6.33. The van der Waals surface area contributed by atoms with Gasteiger partial charge in [-0.15, -0.1) is 13.2 Å². The molecule has 158 valence electrons. The van der Waals surface area contributed by atoms with Crippen LogP contribution in [0.2, 0.25) is 5.02 Å². The molecular formula is C21H19ClF3N3O2. The van der Waals surface area contributed by atoms with Crippen molar-refractivity contribution in [2.24, 2.45) is 5.92 Å². The van der Waals surface area contributed by atoms with Gasteiger partial charge in [0.2, 0.25) is 0 Å². The molecule has 2 aromatic heterocycles. The maximum absolute atomic E-state index is 12.9. The number of hydrogen-bond donors (Lipinski definition) is 0. The molecule has 4 rings (SSSR count). The molecule has 0 N–H and O–H groups in total. The van der Waals surface area contributed by atoms with E-state index in [0.29, 0.717) is 33.9 Å². The Kier molecular flexibility index (Phi) is 5.22. The van der Waals surface area contributed by atoms with E-state index < -0.39 is 12.1 Å². The highest BCUT2D eigenvalue weighted by Gasteiger charge is 2.34. The molecule has 1 saturated carbocycles. The molecule has 5 nitrogen and oxygen atoms in total. The molecule has 2 heterocycles. The van der Waals surface area contributed by atoms with E-state index in [1.54, 1.807) is 23.8 Å². The highest BCUT2D eigenvalue weighted by Crippen LogP contribution is 2.42. The van der Waals surface area contributed by atoms with Gasteiger partial charge in [0.1, 0.15) is 17.0 Å². The number of alkyl halides is 3. The van der Waals surface area contributed by atoms with Gasteiger partial charge in [0.05, 0.1) is 5.02 Å². The fourth-order valence-corrected chi connectivity index (χ4v) is 4.13. The van der Waals surface area contributed by atoms with Crippen molar-refractivity contribution in [1.29, 1.82) is 0 Å². The van der Waals surface area contributed by atoms with Gasteiger partial charge in [0.25, 0.3) is 5.56 Å². The molecule has 3 aromatic rings. The maximum Gasteiger partial charge on any atom is 0.573 e. The van der Waals surface area contributed by atoms with Crippen LogP contribution in [0.25, 0.3) is 22.3 Å². The molecule has 1 fully saturated rings. The summed E-state index contributed by atoms with van der Waals surface area (Å²) in [7, 11) is 0. The van der Waals surface area contributed by atoms with Crippen LogP contribution in [0.1, 0.15) is 37.9 Å². The zero-order valence-electron chi connectivity index (χ0n) is 16.3. The van der Waals surface area contributed by atoms with E-state index in [9.17, 15) is 18.0 Å². The molecule has 1 aliphatic carbocycles. The van der Waals surface area contributed by atoms with Crippen molar-refractivity contribution in [3.63, 3.8) is 0 Å². The normalized spacial score (nSPS) is 15.4. The second-order valence-corrected chi connectivity index (χ2v) is 7.81. The number of rotatable bonds is 5. The molecule has 9 heteroatoms. The van der Waals surface area contributed by atoms with E-state index >= 15 is 0 Å². The van der Waals surface area contributed by atoms with Crippen LogP contribution in [-0.2, 0) is 0 Å². The van der Waals surface area contributed by atoms with Crippen LogP contribution in [0, 0.1) is 12.8 Å². The molecule has 0 saturated heterocycles. The lowest BCUT2D eigenvalue weighted by Gasteiger charge is -2.21. The summed E-state index contributed by atoms with van der Waals surface area (Å²) in [6.07, 6.45) is -0.319. The van der Waals surface area contributed by atoms with Crippen molar-refractivity contribution >= 4 is 22.8 Å². The first-order chi connectivity index (χ1) is 14.2. The van der Waals surface area contributed by atoms with E-state index in [1.807, 2.05) is 6.92 Å². The van der Waals surface area contributed by atoms with Crippen molar-refractivity contribution in [1.82, 2.24) is 14.5 Å². The zero-order valence-corrected chi connectivity index (χ0v) is 17.1. The van der Waals surface area contributed by atoms with Crippen LogP contribution < -0.4 is 10.3 Å². The Bertz CT molecular complexity index is 1170. The van der Waals surface area contributed by atoms with Gasteiger partial charge in [-0.05, 0) is 56.4 Å². The van der Waals surface area contributed by atoms with Crippen molar-refractivity contribution in [2.75, 3.05) is 0 Å². The molecular weight excluding hydrogens is 419 g/mol. The SMILES string of the molecule is CC[C@H](C1CC1)n1c(=O)c(C)nc2c(-c3ccc(OC(F)(F)F)cc3Cl)ccnc21. The molecule has 0 bridgehead atoms. The number of aryl methyl sites for hydroxylation is 1. The minimum atomic E-state index is -4.80. The number of aromatic nitrogens is 3. The van der Waals surface area contributed by atoms with Gasteiger partial charge < -0.3 is 4.74 Å². The second kappa shape index (κ2) is 7.58. The smallest absolute Gasteiger partial charge is 0.406 e. The molecule has 30 heavy (non-hydrogen) atoms. The van der Waals surface area contributed by atoms with Crippen LogP contribution >= 0.6 is 11.6 Å². The molecule has 0 spiro atoms. The van der Waals surface area contributed by atoms with Gasteiger partial charge in [-0.2, -0.15) is 0 Å². The van der Waals surface area contributed by atoms with Gasteiger partial charge >= 0.3 is 6.36 Å². The predicted octanol–water partition coefficient (Wildman–Crippen LogP) is 5.68. The first-order valence-corrected chi connectivity index (χ1v) is 10.0. The number of benzene rings is 1. The number of pyridine rings is 1. The van der Waals surface area contributed by atoms with E-state index in [4.69, 9.17) is 11.6 Å². The largest absolute Gasteiger partial charge is 0.573 e. The Morgan fingerprint density at radius 2 is 2.00 bits per heavy atom. The first kappa shape index (κ1) is 20.7. The summed E-state index contributed by atoms with van der Waals surface area (Å²) in [6.45, 7) is 3.69. The van der Waals surface area contributed by atoms with Crippen molar-refractivity contribution in [3.8, 4) is 16.9 Å². The fraction of sp³-hybridized carbons (Fsp3) is 0.381. The molecule has 0 unspecified atom stereocenters. The lowest BCUT2D eigenvalue weighted by atomic mass is 10.0. The molecule has 0 aliphatic heterocycles. The number of hydrogen-bond acceptors (Lipinski definition) is 4. The summed E-state index contributed by atoms with van der Waals surface area (Å²) in [4.78, 5) is 21.8. The van der Waals surface area contributed by atoms with Gasteiger partial charge in [-0.25, -0.2) is 9.97 Å². The minimum Gasteiger partial charge on any atom is -0.406 e. The fourth-order valence-electron chi connectivity index (χ4n) is 3.86. The minimum absolute atomic E-state index is 0.0301. The number of ether oxygens (including phenoxy) is 1. The van der Waals surface area contributed by atoms with Crippen molar-refractivity contribution in [2.45, 2.75) is 45.5 Å². The molecule has 1 aromatic carbocycles. The Morgan fingerprint density at radius 1 is 1.27 bits per heavy atom. The highest BCUT2D eigenvalue weighted by atomic mass is 35.5. The van der Waals surface area contributed by atoms with E-state index in [-0.39, 0.29) is 16.6 Å². The van der Waals surface area contributed by atoms with Crippen molar-refractivity contribution in [3.05, 3.63) is 51.5 Å². The van der Waals surface area contributed by atoms with Crippen LogP contribution in [0.4, 0.5) is 13.2 Å². The zero-order chi connectivity index (χ0) is 21.6. The summed E-state index contributed by atoms with van der Waals surface area (Å²) in [6, 6.07) is 5.47. The number of nitrogens with zero attached hydrogens (tertiary/aromatic N) is 3. The standard InChI is InChI=1S/C21H19ClF3N3O2/c1-3-17(12-4-5-12)28-19-18(27-11(2)20(28)29)15(8-9-26-19)14-7-6-13(10-16(14)22)30-21(23,24)25/h6-10,12,17H,3-5H2,1-2H3/t17-/m1/s1. The van der Waals surface area contributed by atoms with E-state index in [2.05, 4.69) is 14.7 Å². The average Bonchev–Trinajstić information content (AvgIpc) is 3.49. The Hall–Kier alpha value is -2.61. The molecule has 0 amide bonds. The lowest BCUT2D eigenvalue weighted by molar-refractivity contribution is -0.274. The van der Waals surface area contributed by atoms with E-state index in [1.165, 1.54) is 12.1 Å². The third-order valence-corrected chi connectivity index (χ3v) is 5.63. The van der Waals surface area contributed by atoms with Crippen LogP contribution in [-0.4, -0.2) is 20.9 Å². The Morgan fingerprint density at radius 3 is 2.60 bits per heavy atom. The maximum atomic E-state index is 12.9. The molecule has 1 atom stereocenters. The van der Waals surface area contributed by atoms with Crippen LogP contribution in [0.15, 0.2) is 35.3 Å². The first-order valence-electron chi connectivity index (χ1n) is 9.63. The number of fused-ring (bicyclic) bond motifs is 1. The number of halogens is 4. The molecule has 0 radical (unpaired) electrons. The van der Waals surface area contributed by atoms with Gasteiger partial charge in [0.15, 0.2) is 5.65 Å². The van der Waals surface area contributed by atoms with Gasteiger partial charge in [-0.1, -0.05) is 18.5 Å². The quantitative estimate of drug-likeness (QED) is 0.515. The van der Waals surface area contributed by atoms with Gasteiger partial charge in [-0.3, -0.25) is 9.36 Å². The molecule has 1 aliphatic rings. The average molecular weight is 438 g/mol. The summed E-state index contributed by atoms with van der Waals surface area (Å²) < 4.78 is 43.1. The summed E-state index contributed by atoms with van der Waals surface area (Å²) in [5.74, 6) is 0.0287. The van der Waals surface area contributed by atoms with E-state index in [0.717, 1.165) is 25.3 Å². The summed E-state index contributed by atoms with van der Waals surface area (Å²) in [5, 5.41) is 0.0793. The summed E-state index contributed by atoms with van der Waals surface area (Å²) >= 11 is 6.29. The second-order valence-electron chi connectivity index (χ2n) is 7.41. The van der Waals surface area contributed by atoms with Gasteiger partial charge in [0, 0.05) is 23.4 Å². The Balaban J connectivity index is 1.89. The van der Waals surface area contributed by atoms with Crippen molar-refractivity contribution < 1.29 is 17.9 Å². The third-order valence-electron chi connectivity index (χ3n) is 5.32.